The van der Waals surface area contributed by atoms with Crippen LogP contribution in [0.4, 0.5) is 5.82 Å². The Bertz CT molecular complexity index is 854. The largest absolute Gasteiger partial charge is 0.355 e. The molecular weight excluding hydrogens is 336 g/mol. The van der Waals surface area contributed by atoms with Gasteiger partial charge in [-0.3, -0.25) is 9.97 Å². The molecule has 128 valence electrons. The Hall–Kier alpha value is -2.47. The van der Waals surface area contributed by atoms with E-state index in [0.29, 0.717) is 5.02 Å². The molecule has 0 spiro atoms. The summed E-state index contributed by atoms with van der Waals surface area (Å²) in [7, 11) is 0. The molecule has 0 bridgehead atoms. The van der Waals surface area contributed by atoms with Gasteiger partial charge in [0.25, 0.3) is 0 Å². The smallest absolute Gasteiger partial charge is 0.147 e. The van der Waals surface area contributed by atoms with Gasteiger partial charge < -0.3 is 9.47 Å². The van der Waals surface area contributed by atoms with Crippen LogP contribution in [0.25, 0.3) is 11.4 Å². The molecule has 1 fully saturated rings. The van der Waals surface area contributed by atoms with Crippen LogP contribution in [-0.2, 0) is 0 Å². The fourth-order valence-corrected chi connectivity index (χ4v) is 3.16. The molecule has 25 heavy (non-hydrogen) atoms. The van der Waals surface area contributed by atoms with E-state index >= 15 is 0 Å². The summed E-state index contributed by atoms with van der Waals surface area (Å²) in [4.78, 5) is 20.2. The van der Waals surface area contributed by atoms with E-state index in [0.717, 1.165) is 36.0 Å². The Kier molecular flexibility index (Phi) is 4.36. The van der Waals surface area contributed by atoms with E-state index in [9.17, 15) is 0 Å². The van der Waals surface area contributed by atoms with Crippen LogP contribution in [0.2, 0.25) is 5.02 Å². The third-order valence-corrected chi connectivity index (χ3v) is 4.76. The second kappa shape index (κ2) is 6.80. The van der Waals surface area contributed by atoms with Crippen LogP contribution in [0.5, 0.6) is 0 Å². The fraction of sp³-hybridized carbons (Fsp3) is 0.333. The summed E-state index contributed by atoms with van der Waals surface area (Å²) < 4.78 is 2.02. The predicted octanol–water partition coefficient (Wildman–Crippen LogP) is 3.60. The van der Waals surface area contributed by atoms with E-state index in [1.165, 1.54) is 12.8 Å². The number of anilines is 1. The first-order valence-electron chi connectivity index (χ1n) is 8.43. The van der Waals surface area contributed by atoms with Gasteiger partial charge >= 0.3 is 0 Å². The third kappa shape index (κ3) is 3.35. The number of halogens is 1. The molecule has 0 radical (unpaired) electrons. The summed E-state index contributed by atoms with van der Waals surface area (Å²) in [5, 5.41) is 0.635. The van der Waals surface area contributed by atoms with Crippen molar-refractivity contribution in [3.8, 4) is 11.4 Å². The second-order valence-electron chi connectivity index (χ2n) is 6.24. The Morgan fingerprint density at radius 1 is 1.04 bits per heavy atom. The fourth-order valence-electron chi connectivity index (χ4n) is 3.05. The monoisotopic (exact) mass is 354 g/mol. The van der Waals surface area contributed by atoms with Gasteiger partial charge in [0.05, 0.1) is 35.5 Å². The van der Waals surface area contributed by atoms with E-state index < -0.39 is 0 Å². The van der Waals surface area contributed by atoms with Gasteiger partial charge in [-0.2, -0.15) is 0 Å². The minimum atomic E-state index is 0.0632. The highest BCUT2D eigenvalue weighted by Gasteiger charge is 2.16. The van der Waals surface area contributed by atoms with Crippen LogP contribution in [0.1, 0.15) is 31.5 Å². The first kappa shape index (κ1) is 16.0. The number of pyridine rings is 1. The van der Waals surface area contributed by atoms with E-state index in [1.807, 2.05) is 29.1 Å². The lowest BCUT2D eigenvalue weighted by Gasteiger charge is -2.15. The van der Waals surface area contributed by atoms with Crippen molar-refractivity contribution in [2.24, 2.45) is 0 Å². The minimum absolute atomic E-state index is 0.0632. The minimum Gasteiger partial charge on any atom is -0.355 e. The first-order chi connectivity index (χ1) is 12.2. The lowest BCUT2D eigenvalue weighted by atomic mass is 10.2. The highest BCUT2D eigenvalue weighted by atomic mass is 35.5. The summed E-state index contributed by atoms with van der Waals surface area (Å²) in [6.45, 7) is 4.17. The standard InChI is InChI=1S/C18H19ClN6/c1-13(15-5-4-14(19)8-21-15)25-11-17(22-12-25)16-9-20-10-18(23-16)24-6-2-3-7-24/h4-5,8-13H,2-3,6-7H2,1H3. The molecule has 0 amide bonds. The number of aromatic nitrogens is 5. The van der Waals surface area contributed by atoms with E-state index in [4.69, 9.17) is 16.6 Å². The molecule has 0 aliphatic carbocycles. The number of hydrogen-bond donors (Lipinski definition) is 0. The molecule has 1 unspecified atom stereocenters. The van der Waals surface area contributed by atoms with Crippen molar-refractivity contribution in [1.29, 1.82) is 0 Å². The van der Waals surface area contributed by atoms with Gasteiger partial charge in [0, 0.05) is 25.5 Å². The average Bonchev–Trinajstić information content (AvgIpc) is 3.34. The molecule has 0 N–H and O–H groups in total. The summed E-state index contributed by atoms with van der Waals surface area (Å²) in [5.74, 6) is 0.928. The molecule has 7 heteroatoms. The molecule has 3 aromatic heterocycles. The highest BCUT2D eigenvalue weighted by Crippen LogP contribution is 2.23. The van der Waals surface area contributed by atoms with Crippen molar-refractivity contribution in [1.82, 2.24) is 24.5 Å². The number of imidazole rings is 1. The van der Waals surface area contributed by atoms with E-state index in [2.05, 4.69) is 26.8 Å². The van der Waals surface area contributed by atoms with Gasteiger partial charge in [-0.1, -0.05) is 11.6 Å². The van der Waals surface area contributed by atoms with E-state index in [1.54, 1.807) is 18.7 Å². The topological polar surface area (TPSA) is 59.7 Å². The highest BCUT2D eigenvalue weighted by molar-refractivity contribution is 6.30. The van der Waals surface area contributed by atoms with Crippen LogP contribution in [-0.4, -0.2) is 37.6 Å². The Balaban J connectivity index is 1.58. The third-order valence-electron chi connectivity index (χ3n) is 4.54. The van der Waals surface area contributed by atoms with Crippen molar-refractivity contribution >= 4 is 17.4 Å². The zero-order valence-corrected chi connectivity index (χ0v) is 14.8. The second-order valence-corrected chi connectivity index (χ2v) is 6.68. The molecule has 4 heterocycles. The maximum absolute atomic E-state index is 5.91. The zero-order chi connectivity index (χ0) is 17.2. The molecule has 3 aromatic rings. The van der Waals surface area contributed by atoms with Gasteiger partial charge in [-0.15, -0.1) is 0 Å². The summed E-state index contributed by atoms with van der Waals surface area (Å²) in [5.41, 5.74) is 2.54. The van der Waals surface area contributed by atoms with Crippen LogP contribution in [0.15, 0.2) is 43.2 Å². The zero-order valence-electron chi connectivity index (χ0n) is 14.0. The van der Waals surface area contributed by atoms with Crippen LogP contribution < -0.4 is 4.90 Å². The molecule has 1 aliphatic heterocycles. The summed E-state index contributed by atoms with van der Waals surface area (Å²) >= 11 is 5.91. The normalized spacial score (nSPS) is 15.5. The molecule has 6 nitrogen and oxygen atoms in total. The molecule has 0 saturated carbocycles. The molecule has 1 atom stereocenters. The van der Waals surface area contributed by atoms with Gasteiger partial charge in [-0.25, -0.2) is 9.97 Å². The van der Waals surface area contributed by atoms with Gasteiger partial charge in [-0.05, 0) is 31.9 Å². The Morgan fingerprint density at radius 2 is 1.88 bits per heavy atom. The Morgan fingerprint density at radius 3 is 2.64 bits per heavy atom. The van der Waals surface area contributed by atoms with Gasteiger partial charge in [0.15, 0.2) is 0 Å². The van der Waals surface area contributed by atoms with E-state index in [-0.39, 0.29) is 6.04 Å². The maximum atomic E-state index is 5.91. The predicted molar refractivity (Wildman–Crippen MR) is 97.8 cm³/mol. The van der Waals surface area contributed by atoms with Crippen LogP contribution >= 0.6 is 11.6 Å². The lowest BCUT2D eigenvalue weighted by molar-refractivity contribution is 0.620. The first-order valence-corrected chi connectivity index (χ1v) is 8.81. The molecule has 4 rings (SSSR count). The van der Waals surface area contributed by atoms with Gasteiger partial charge in [0.1, 0.15) is 17.2 Å². The van der Waals surface area contributed by atoms with Crippen LogP contribution in [0, 0.1) is 0 Å². The van der Waals surface area contributed by atoms with Crippen molar-refractivity contribution in [2.75, 3.05) is 18.0 Å². The number of nitrogens with zero attached hydrogens (tertiary/aromatic N) is 6. The SMILES string of the molecule is CC(c1ccc(Cl)cn1)n1cnc(-c2cncc(N3CCCC3)n2)c1. The average molecular weight is 355 g/mol. The molecule has 0 aromatic carbocycles. The van der Waals surface area contributed by atoms with Gasteiger partial charge in [0.2, 0.25) is 0 Å². The van der Waals surface area contributed by atoms with Crippen molar-refractivity contribution in [3.63, 3.8) is 0 Å². The maximum Gasteiger partial charge on any atom is 0.147 e. The summed E-state index contributed by atoms with van der Waals surface area (Å²) in [6.07, 6.45) is 11.5. The molecule has 1 aliphatic rings. The van der Waals surface area contributed by atoms with Crippen molar-refractivity contribution in [3.05, 3.63) is 54.0 Å². The summed E-state index contributed by atoms with van der Waals surface area (Å²) in [6, 6.07) is 3.84. The molecular formula is C18H19ClN6. The van der Waals surface area contributed by atoms with Crippen LogP contribution in [0.3, 0.4) is 0 Å². The lowest BCUT2D eigenvalue weighted by Crippen LogP contribution is -2.19. The number of rotatable bonds is 4. The molecule has 1 saturated heterocycles. The van der Waals surface area contributed by atoms with Crippen molar-refractivity contribution < 1.29 is 0 Å². The number of hydrogen-bond acceptors (Lipinski definition) is 5. The van der Waals surface area contributed by atoms with Crippen molar-refractivity contribution in [2.45, 2.75) is 25.8 Å². The Labute approximate surface area is 151 Å². The quantitative estimate of drug-likeness (QED) is 0.716.